The van der Waals surface area contributed by atoms with E-state index in [1.807, 2.05) is 32.0 Å². The highest BCUT2D eigenvalue weighted by atomic mass is 35.5. The van der Waals surface area contributed by atoms with Crippen molar-refractivity contribution in [3.63, 3.8) is 0 Å². The molecule has 0 spiro atoms. The maximum Gasteiger partial charge on any atom is 0.323 e. The lowest BCUT2D eigenvalue weighted by Gasteiger charge is -2.35. The summed E-state index contributed by atoms with van der Waals surface area (Å²) < 4.78 is 40.7. The zero-order valence-electron chi connectivity index (χ0n) is 27.8. The van der Waals surface area contributed by atoms with E-state index in [1.54, 1.807) is 42.2 Å². The van der Waals surface area contributed by atoms with Crippen LogP contribution in [0.3, 0.4) is 0 Å². The number of nitrogens with zero attached hydrogens (tertiary/aromatic N) is 2. The number of fused-ring (bicyclic) bond motifs is 1. The number of amides is 3. The van der Waals surface area contributed by atoms with E-state index in [4.69, 9.17) is 21.1 Å². The van der Waals surface area contributed by atoms with E-state index < -0.39 is 34.1 Å². The predicted molar refractivity (Wildman–Crippen MR) is 187 cm³/mol. The van der Waals surface area contributed by atoms with Gasteiger partial charge in [0.2, 0.25) is 10.0 Å². The summed E-state index contributed by atoms with van der Waals surface area (Å²) in [6.07, 6.45) is 1.42. The number of halogens is 1. The maximum absolute atomic E-state index is 14.3. The van der Waals surface area contributed by atoms with Crippen LogP contribution in [-0.4, -0.2) is 86.3 Å². The number of aliphatic hydroxyl groups excluding tert-OH is 1. The minimum atomic E-state index is -3.85. The number of para-hydroxylation sites is 1. The highest BCUT2D eigenvalue weighted by Crippen LogP contribution is 2.29. The molecular formula is C35H45ClN4O7S. The fourth-order valence-corrected chi connectivity index (χ4v) is 6.72. The number of anilines is 2. The Morgan fingerprint density at radius 1 is 1.04 bits per heavy atom. The van der Waals surface area contributed by atoms with Crippen LogP contribution in [0.2, 0.25) is 5.02 Å². The lowest BCUT2D eigenvalue weighted by molar-refractivity contribution is -0.00833. The second kappa shape index (κ2) is 17.1. The first-order valence-electron chi connectivity index (χ1n) is 16.1. The Bertz CT molecular complexity index is 1630. The molecule has 0 saturated heterocycles. The van der Waals surface area contributed by atoms with Crippen molar-refractivity contribution >= 4 is 44.9 Å². The molecule has 0 saturated carbocycles. The van der Waals surface area contributed by atoms with Crippen molar-refractivity contribution in [2.75, 3.05) is 44.0 Å². The number of aliphatic hydroxyl groups is 1. The lowest BCUT2D eigenvalue weighted by atomic mass is 10.0. The molecular weight excluding hydrogens is 656 g/mol. The molecule has 3 N–H and O–H groups in total. The van der Waals surface area contributed by atoms with Crippen molar-refractivity contribution in [1.82, 2.24) is 9.21 Å². The van der Waals surface area contributed by atoms with Crippen molar-refractivity contribution < 1.29 is 32.6 Å². The van der Waals surface area contributed by atoms with Crippen molar-refractivity contribution in [1.29, 1.82) is 0 Å². The van der Waals surface area contributed by atoms with Gasteiger partial charge in [0.1, 0.15) is 5.75 Å². The summed E-state index contributed by atoms with van der Waals surface area (Å²) in [5.41, 5.74) is 1.22. The van der Waals surface area contributed by atoms with E-state index in [9.17, 15) is 23.1 Å². The molecule has 48 heavy (non-hydrogen) atoms. The Hall–Kier alpha value is -3.68. The summed E-state index contributed by atoms with van der Waals surface area (Å²) in [5, 5.41) is 16.2. The van der Waals surface area contributed by atoms with E-state index in [0.29, 0.717) is 35.2 Å². The summed E-state index contributed by atoms with van der Waals surface area (Å²) in [7, 11) is -2.35. The fourth-order valence-electron chi connectivity index (χ4n) is 5.42. The standard InChI is InChI=1S/C35H45ClN4O7S/c1-24-21-40(25(2)23-41)34(42)31-20-29(38-35(43)37-28-11-6-5-7-12-28)15-18-32(31)47-26(3)10-8-9-19-46-33(24)22-39(4)48(44,45)30-16-13-27(36)14-17-30/h5-7,11-18,20,24-26,33,41H,8-10,19,21-23H2,1-4H3,(H2,37,38,43)/t24-,25-,26+,33+/m1/s1. The zero-order valence-corrected chi connectivity index (χ0v) is 29.3. The van der Waals surface area contributed by atoms with Gasteiger partial charge < -0.3 is 30.1 Å². The molecule has 11 nitrogen and oxygen atoms in total. The molecule has 4 rings (SSSR count). The van der Waals surface area contributed by atoms with Crippen molar-refractivity contribution in [2.24, 2.45) is 5.92 Å². The molecule has 0 bridgehead atoms. The highest BCUT2D eigenvalue weighted by molar-refractivity contribution is 7.89. The molecule has 0 fully saturated rings. The molecule has 1 heterocycles. The SMILES string of the molecule is C[C@@H]1CN([C@H](C)CO)C(=O)c2cc(NC(=O)Nc3ccccc3)ccc2O[C@@H](C)CCCCO[C@H]1CN(C)S(=O)(=O)c1ccc(Cl)cc1. The number of ether oxygens (including phenoxy) is 2. The quantitative estimate of drug-likeness (QED) is 0.258. The van der Waals surface area contributed by atoms with Crippen molar-refractivity contribution in [3.05, 3.63) is 83.4 Å². The summed E-state index contributed by atoms with van der Waals surface area (Å²) in [6.45, 7) is 5.85. The van der Waals surface area contributed by atoms with E-state index >= 15 is 0 Å². The Kier molecular flexibility index (Phi) is 13.2. The summed E-state index contributed by atoms with van der Waals surface area (Å²) in [4.78, 5) is 28.8. The van der Waals surface area contributed by atoms with E-state index in [0.717, 1.165) is 12.8 Å². The maximum atomic E-state index is 14.3. The van der Waals surface area contributed by atoms with Gasteiger partial charge in [-0.3, -0.25) is 4.79 Å². The van der Waals surface area contributed by atoms with Crippen LogP contribution < -0.4 is 15.4 Å². The first kappa shape index (κ1) is 37.1. The van der Waals surface area contributed by atoms with Crippen LogP contribution in [0.15, 0.2) is 77.7 Å². The number of nitrogens with one attached hydrogen (secondary N) is 2. The zero-order chi connectivity index (χ0) is 34.8. The van der Waals surface area contributed by atoms with Crippen molar-refractivity contribution in [3.8, 4) is 5.75 Å². The largest absolute Gasteiger partial charge is 0.490 e. The molecule has 13 heteroatoms. The van der Waals surface area contributed by atoms with E-state index in [1.165, 1.54) is 35.6 Å². The Morgan fingerprint density at radius 3 is 2.42 bits per heavy atom. The van der Waals surface area contributed by atoms with E-state index in [2.05, 4.69) is 10.6 Å². The second-order valence-corrected chi connectivity index (χ2v) is 14.7. The summed E-state index contributed by atoms with van der Waals surface area (Å²) in [6, 6.07) is 18.8. The van der Waals surface area contributed by atoms with Crippen LogP contribution in [0.4, 0.5) is 16.2 Å². The molecule has 3 amide bonds. The van der Waals surface area contributed by atoms with E-state index in [-0.39, 0.29) is 42.2 Å². The van der Waals surface area contributed by atoms with Crippen LogP contribution in [0.25, 0.3) is 0 Å². The Labute approximate surface area is 288 Å². The molecule has 1 aliphatic rings. The average Bonchev–Trinajstić information content (AvgIpc) is 3.06. The fraction of sp³-hybridized carbons (Fsp3) is 0.429. The lowest BCUT2D eigenvalue weighted by Crippen LogP contribution is -2.48. The minimum Gasteiger partial charge on any atom is -0.490 e. The van der Waals surface area contributed by atoms with Gasteiger partial charge in [-0.05, 0) is 87.7 Å². The number of rotatable bonds is 8. The van der Waals surface area contributed by atoms with Crippen LogP contribution >= 0.6 is 11.6 Å². The number of urea groups is 1. The Morgan fingerprint density at radius 2 is 1.73 bits per heavy atom. The predicted octanol–water partition coefficient (Wildman–Crippen LogP) is 6.10. The first-order chi connectivity index (χ1) is 22.9. The summed E-state index contributed by atoms with van der Waals surface area (Å²) >= 11 is 5.98. The third-order valence-corrected chi connectivity index (χ3v) is 10.4. The van der Waals surface area contributed by atoms with Gasteiger partial charge in [-0.1, -0.05) is 36.7 Å². The number of hydrogen-bond acceptors (Lipinski definition) is 7. The molecule has 4 atom stereocenters. The highest BCUT2D eigenvalue weighted by Gasteiger charge is 2.32. The number of carbonyl (C=O) groups excluding carboxylic acids is 2. The van der Waals surface area contributed by atoms with Gasteiger partial charge in [-0.2, -0.15) is 4.31 Å². The van der Waals surface area contributed by atoms with Crippen LogP contribution in [0.1, 0.15) is 50.4 Å². The van der Waals surface area contributed by atoms with Crippen LogP contribution in [0, 0.1) is 5.92 Å². The molecule has 1 aliphatic heterocycles. The number of hydrogen-bond donors (Lipinski definition) is 3. The van der Waals surface area contributed by atoms with Gasteiger partial charge in [0.15, 0.2) is 0 Å². The van der Waals surface area contributed by atoms with Gasteiger partial charge in [0.05, 0.1) is 35.3 Å². The molecule has 0 aliphatic carbocycles. The van der Waals surface area contributed by atoms with Crippen molar-refractivity contribution in [2.45, 2.75) is 63.2 Å². The first-order valence-corrected chi connectivity index (χ1v) is 17.9. The topological polar surface area (TPSA) is 138 Å². The number of carbonyl (C=O) groups is 2. The van der Waals surface area contributed by atoms with Gasteiger partial charge in [0, 0.05) is 49.1 Å². The molecule has 3 aromatic rings. The third-order valence-electron chi connectivity index (χ3n) is 8.30. The molecule has 3 aromatic carbocycles. The van der Waals surface area contributed by atoms with Gasteiger partial charge in [-0.25, -0.2) is 13.2 Å². The number of sulfonamides is 1. The van der Waals surface area contributed by atoms with Crippen LogP contribution in [-0.2, 0) is 14.8 Å². The van der Waals surface area contributed by atoms with Gasteiger partial charge in [-0.15, -0.1) is 0 Å². The number of benzene rings is 3. The smallest absolute Gasteiger partial charge is 0.323 e. The van der Waals surface area contributed by atoms with Gasteiger partial charge in [0.25, 0.3) is 5.91 Å². The monoisotopic (exact) mass is 700 g/mol. The van der Waals surface area contributed by atoms with Crippen LogP contribution in [0.5, 0.6) is 5.75 Å². The average molecular weight is 701 g/mol. The second-order valence-electron chi connectivity index (χ2n) is 12.2. The minimum absolute atomic E-state index is 0.0440. The molecule has 260 valence electrons. The molecule has 0 unspecified atom stereocenters. The van der Waals surface area contributed by atoms with Gasteiger partial charge >= 0.3 is 6.03 Å². The Balaban J connectivity index is 1.62. The third kappa shape index (κ3) is 9.93. The number of likely N-dealkylation sites (N-methyl/N-ethyl adjacent to an activating group) is 1. The normalized spacial score (nSPS) is 20.3. The molecule has 0 radical (unpaired) electrons. The molecule has 0 aromatic heterocycles. The summed E-state index contributed by atoms with van der Waals surface area (Å²) in [5.74, 6) is -0.381.